The molecule has 1 heterocycles. The van der Waals surface area contributed by atoms with Crippen molar-refractivity contribution in [1.82, 2.24) is 4.98 Å². The average Bonchev–Trinajstić information content (AvgIpc) is 2.41. The third-order valence-electron chi connectivity index (χ3n) is 4.15. The summed E-state index contributed by atoms with van der Waals surface area (Å²) < 4.78 is 0. The molecule has 1 saturated carbocycles. The van der Waals surface area contributed by atoms with Crippen molar-refractivity contribution >= 4 is 17.4 Å². The van der Waals surface area contributed by atoms with Gasteiger partial charge in [-0.2, -0.15) is 0 Å². The Labute approximate surface area is 113 Å². The number of aromatic nitrogens is 1. The van der Waals surface area contributed by atoms with Crippen LogP contribution in [-0.4, -0.2) is 10.1 Å². The second kappa shape index (κ2) is 5.89. The van der Waals surface area contributed by atoms with E-state index in [0.717, 1.165) is 18.8 Å². The number of hydrogen-bond donors (Lipinski definition) is 2. The van der Waals surface area contributed by atoms with Crippen LogP contribution in [0.2, 0.25) is 5.02 Å². The second-order valence-corrected chi connectivity index (χ2v) is 5.70. The Morgan fingerprint density at radius 1 is 1.44 bits per heavy atom. The van der Waals surface area contributed by atoms with E-state index in [1.54, 1.807) is 6.07 Å². The van der Waals surface area contributed by atoms with E-state index in [0.29, 0.717) is 16.4 Å². The first-order valence-electron chi connectivity index (χ1n) is 6.70. The average molecular weight is 269 g/mol. The number of aliphatic hydroxyl groups excluding tert-OH is 1. The van der Waals surface area contributed by atoms with Gasteiger partial charge < -0.3 is 10.8 Å². The maximum absolute atomic E-state index is 10.4. The van der Waals surface area contributed by atoms with Gasteiger partial charge in [-0.05, 0) is 30.7 Å². The maximum atomic E-state index is 10.4. The van der Waals surface area contributed by atoms with Gasteiger partial charge in [-0.15, -0.1) is 0 Å². The summed E-state index contributed by atoms with van der Waals surface area (Å²) in [6, 6.07) is 1.74. The van der Waals surface area contributed by atoms with Crippen LogP contribution in [0, 0.1) is 11.8 Å². The molecule has 0 radical (unpaired) electrons. The second-order valence-electron chi connectivity index (χ2n) is 5.26. The molecule has 0 bridgehead atoms. The Kier molecular flexibility index (Phi) is 4.46. The number of aliphatic hydroxyl groups is 1. The molecule has 1 aliphatic carbocycles. The third kappa shape index (κ3) is 2.96. The van der Waals surface area contributed by atoms with Crippen molar-refractivity contribution in [2.75, 3.05) is 5.73 Å². The number of nitrogens with two attached hydrogens (primary N) is 1. The summed E-state index contributed by atoms with van der Waals surface area (Å²) in [5, 5.41) is 11.0. The highest BCUT2D eigenvalue weighted by molar-refractivity contribution is 6.30. The highest BCUT2D eigenvalue weighted by Gasteiger charge is 2.28. The first-order chi connectivity index (χ1) is 8.61. The van der Waals surface area contributed by atoms with E-state index in [1.165, 1.54) is 25.5 Å². The lowest BCUT2D eigenvalue weighted by Crippen LogP contribution is -2.21. The first-order valence-corrected chi connectivity index (χ1v) is 7.08. The Hall–Kier alpha value is -0.800. The van der Waals surface area contributed by atoms with Gasteiger partial charge >= 0.3 is 0 Å². The lowest BCUT2D eigenvalue weighted by Gasteiger charge is -2.31. The highest BCUT2D eigenvalue weighted by Crippen LogP contribution is 2.39. The molecule has 1 unspecified atom stereocenters. The number of nitrogens with zero attached hydrogens (tertiary/aromatic N) is 1. The smallest absolute Gasteiger partial charge is 0.129 e. The summed E-state index contributed by atoms with van der Waals surface area (Å²) in [7, 11) is 0. The fourth-order valence-electron chi connectivity index (χ4n) is 2.87. The third-order valence-corrected chi connectivity index (χ3v) is 4.36. The van der Waals surface area contributed by atoms with E-state index in [9.17, 15) is 5.11 Å². The summed E-state index contributed by atoms with van der Waals surface area (Å²) in [5.74, 6) is 1.50. The molecule has 0 amide bonds. The van der Waals surface area contributed by atoms with Crippen LogP contribution in [0.5, 0.6) is 0 Å². The zero-order valence-corrected chi connectivity index (χ0v) is 11.5. The number of anilines is 1. The molecule has 3 N–H and O–H groups in total. The van der Waals surface area contributed by atoms with Crippen molar-refractivity contribution in [2.45, 2.75) is 45.1 Å². The molecule has 0 saturated heterocycles. The van der Waals surface area contributed by atoms with Gasteiger partial charge in [0.15, 0.2) is 0 Å². The van der Waals surface area contributed by atoms with Crippen LogP contribution in [0.3, 0.4) is 0 Å². The van der Waals surface area contributed by atoms with Crippen molar-refractivity contribution in [3.63, 3.8) is 0 Å². The van der Waals surface area contributed by atoms with Crippen LogP contribution in [0.25, 0.3) is 0 Å². The molecule has 1 aromatic rings. The summed E-state index contributed by atoms with van der Waals surface area (Å²) in [6.07, 6.45) is 6.74. The Morgan fingerprint density at radius 2 is 2.11 bits per heavy atom. The van der Waals surface area contributed by atoms with Crippen LogP contribution in [0.4, 0.5) is 5.82 Å². The molecule has 4 heteroatoms. The van der Waals surface area contributed by atoms with Crippen molar-refractivity contribution in [2.24, 2.45) is 11.8 Å². The van der Waals surface area contributed by atoms with Crippen LogP contribution < -0.4 is 5.73 Å². The lowest BCUT2D eigenvalue weighted by molar-refractivity contribution is 0.0733. The first kappa shape index (κ1) is 13.6. The molecular weight excluding hydrogens is 248 g/mol. The number of halogens is 1. The summed E-state index contributed by atoms with van der Waals surface area (Å²) in [5.41, 5.74) is 6.50. The molecule has 1 aliphatic rings. The molecule has 1 aromatic heterocycles. The van der Waals surface area contributed by atoms with Gasteiger partial charge in [-0.1, -0.05) is 37.8 Å². The van der Waals surface area contributed by atoms with Gasteiger partial charge in [0.1, 0.15) is 5.82 Å². The minimum atomic E-state index is -0.533. The molecule has 1 atom stereocenters. The van der Waals surface area contributed by atoms with Crippen molar-refractivity contribution in [3.8, 4) is 0 Å². The van der Waals surface area contributed by atoms with Gasteiger partial charge in [0.2, 0.25) is 0 Å². The zero-order valence-electron chi connectivity index (χ0n) is 10.8. The van der Waals surface area contributed by atoms with E-state index in [-0.39, 0.29) is 5.92 Å². The molecular formula is C14H21ClN2O. The van der Waals surface area contributed by atoms with Crippen LogP contribution in [0.15, 0.2) is 12.3 Å². The maximum Gasteiger partial charge on any atom is 0.129 e. The molecule has 0 aromatic carbocycles. The highest BCUT2D eigenvalue weighted by atomic mass is 35.5. The monoisotopic (exact) mass is 268 g/mol. The summed E-state index contributed by atoms with van der Waals surface area (Å²) in [4.78, 5) is 4.01. The van der Waals surface area contributed by atoms with Gasteiger partial charge in [-0.25, -0.2) is 4.98 Å². The number of rotatable bonds is 3. The summed E-state index contributed by atoms with van der Waals surface area (Å²) in [6.45, 7) is 2.24. The van der Waals surface area contributed by atoms with E-state index in [4.69, 9.17) is 17.3 Å². The predicted molar refractivity (Wildman–Crippen MR) is 74.4 cm³/mol. The predicted octanol–water partition coefficient (Wildman–Crippen LogP) is 3.57. The van der Waals surface area contributed by atoms with E-state index in [1.807, 2.05) is 0 Å². The Morgan fingerprint density at radius 3 is 2.72 bits per heavy atom. The van der Waals surface area contributed by atoms with Crippen LogP contribution in [0.1, 0.15) is 50.7 Å². The van der Waals surface area contributed by atoms with Crippen LogP contribution in [-0.2, 0) is 0 Å². The number of pyridine rings is 1. The minimum absolute atomic E-state index is 0.287. The molecule has 18 heavy (non-hydrogen) atoms. The SMILES string of the molecule is CCC1CCC(C(O)c2cc(Cl)cnc2N)CC1. The zero-order chi connectivity index (χ0) is 13.1. The van der Waals surface area contributed by atoms with Crippen molar-refractivity contribution in [3.05, 3.63) is 22.8 Å². The fraction of sp³-hybridized carbons (Fsp3) is 0.643. The largest absolute Gasteiger partial charge is 0.388 e. The molecule has 2 rings (SSSR count). The molecule has 1 fully saturated rings. The van der Waals surface area contributed by atoms with E-state index in [2.05, 4.69) is 11.9 Å². The van der Waals surface area contributed by atoms with Crippen molar-refractivity contribution in [1.29, 1.82) is 0 Å². The Bertz CT molecular complexity index is 403. The van der Waals surface area contributed by atoms with E-state index >= 15 is 0 Å². The van der Waals surface area contributed by atoms with Gasteiger partial charge in [0.25, 0.3) is 0 Å². The van der Waals surface area contributed by atoms with Gasteiger partial charge in [0, 0.05) is 11.8 Å². The van der Waals surface area contributed by atoms with E-state index < -0.39 is 6.10 Å². The van der Waals surface area contributed by atoms with Gasteiger partial charge in [0.05, 0.1) is 11.1 Å². The minimum Gasteiger partial charge on any atom is -0.388 e. The number of hydrogen-bond acceptors (Lipinski definition) is 3. The molecule has 0 spiro atoms. The standard InChI is InChI=1S/C14H21ClN2O/c1-2-9-3-5-10(6-4-9)13(18)12-7-11(15)8-17-14(12)16/h7-10,13,18H,2-6H2,1H3,(H2,16,17). The van der Waals surface area contributed by atoms with Crippen molar-refractivity contribution < 1.29 is 5.11 Å². The number of nitrogen functional groups attached to an aromatic ring is 1. The van der Waals surface area contributed by atoms with Gasteiger partial charge in [-0.3, -0.25) is 0 Å². The quantitative estimate of drug-likeness (QED) is 0.881. The fourth-order valence-corrected chi connectivity index (χ4v) is 3.03. The normalized spacial score (nSPS) is 25.9. The summed E-state index contributed by atoms with van der Waals surface area (Å²) >= 11 is 5.92. The molecule has 100 valence electrons. The molecule has 3 nitrogen and oxygen atoms in total. The topological polar surface area (TPSA) is 59.1 Å². The lowest BCUT2D eigenvalue weighted by atomic mass is 9.77. The molecule has 0 aliphatic heterocycles. The van der Waals surface area contributed by atoms with Crippen LogP contribution >= 0.6 is 11.6 Å². The Balaban J connectivity index is 2.07.